The molecule has 2 fully saturated rings. The number of carbonyl (C=O) groups excluding carboxylic acids is 2. The van der Waals surface area contributed by atoms with Crippen molar-refractivity contribution < 1.29 is 14.7 Å². The van der Waals surface area contributed by atoms with Crippen molar-refractivity contribution >= 4 is 35.1 Å². The van der Waals surface area contributed by atoms with Gasteiger partial charge in [-0.2, -0.15) is 5.26 Å². The van der Waals surface area contributed by atoms with Crippen LogP contribution in [0.1, 0.15) is 43.1 Å². The number of piperazine rings is 1. The number of nitrogen functional groups attached to an aromatic ring is 1. The summed E-state index contributed by atoms with van der Waals surface area (Å²) >= 11 is 1.24. The molecule has 0 aliphatic carbocycles. The number of piperidine rings is 1. The zero-order valence-corrected chi connectivity index (χ0v) is 26.3. The van der Waals surface area contributed by atoms with Gasteiger partial charge in [-0.25, -0.2) is 9.97 Å². The number of amides is 2. The van der Waals surface area contributed by atoms with Crippen LogP contribution in [0.3, 0.4) is 0 Å². The fourth-order valence-electron chi connectivity index (χ4n) is 5.68. The molecular weight excluding hydrogens is 590 g/mol. The molecule has 5 rings (SSSR count). The molecule has 0 unspecified atom stereocenters. The van der Waals surface area contributed by atoms with E-state index in [9.17, 15) is 20.0 Å². The molecule has 2 aromatic heterocycles. The maximum absolute atomic E-state index is 13.0. The molecule has 0 radical (unpaired) electrons. The molecule has 13 heteroatoms. The Labute approximate surface area is 267 Å². The lowest BCUT2D eigenvalue weighted by molar-refractivity contribution is -0.133. The molecule has 2 aliphatic rings. The van der Waals surface area contributed by atoms with Gasteiger partial charge in [0.2, 0.25) is 11.8 Å². The highest BCUT2D eigenvalue weighted by atomic mass is 32.2. The van der Waals surface area contributed by atoms with Crippen LogP contribution in [0.15, 0.2) is 41.6 Å². The lowest BCUT2D eigenvalue weighted by Gasteiger charge is -2.37. The van der Waals surface area contributed by atoms with Gasteiger partial charge >= 0.3 is 0 Å². The van der Waals surface area contributed by atoms with Gasteiger partial charge in [0.05, 0.1) is 11.4 Å². The molecule has 1 aromatic carbocycles. The van der Waals surface area contributed by atoms with Crippen molar-refractivity contribution in [1.82, 2.24) is 30.1 Å². The molecule has 0 bridgehead atoms. The molecule has 236 valence electrons. The average Bonchev–Trinajstić information content (AvgIpc) is 3.04. The summed E-state index contributed by atoms with van der Waals surface area (Å²) in [6.07, 6.45) is 3.29. The van der Waals surface area contributed by atoms with Crippen molar-refractivity contribution in [2.75, 3.05) is 56.9 Å². The van der Waals surface area contributed by atoms with Crippen LogP contribution in [0.5, 0.6) is 5.75 Å². The van der Waals surface area contributed by atoms with Gasteiger partial charge in [-0.15, -0.1) is 0 Å². The molecule has 2 aliphatic heterocycles. The van der Waals surface area contributed by atoms with Crippen LogP contribution in [0.2, 0.25) is 0 Å². The van der Waals surface area contributed by atoms with E-state index in [1.54, 1.807) is 36.4 Å². The smallest absolute Gasteiger partial charge is 0.223 e. The summed E-state index contributed by atoms with van der Waals surface area (Å²) in [6.45, 7) is 8.10. The highest BCUT2D eigenvalue weighted by Crippen LogP contribution is 2.31. The number of anilines is 2. The molecule has 3 aromatic rings. The number of benzene rings is 1. The van der Waals surface area contributed by atoms with Gasteiger partial charge in [0.15, 0.2) is 5.16 Å². The molecule has 2 amide bonds. The average molecular weight is 630 g/mol. The Morgan fingerprint density at radius 1 is 1.09 bits per heavy atom. The summed E-state index contributed by atoms with van der Waals surface area (Å²) in [4.78, 5) is 42.3. The largest absolute Gasteiger partial charge is 0.506 e. The first kappa shape index (κ1) is 32.2. The Morgan fingerprint density at radius 2 is 1.82 bits per heavy atom. The number of hydrogen-bond acceptors (Lipinski definition) is 11. The number of aromatic nitrogens is 3. The number of nitrogens with zero attached hydrogens (tertiary/aromatic N) is 6. The van der Waals surface area contributed by atoms with Crippen LogP contribution in [0, 0.1) is 17.2 Å². The number of carbonyl (C=O) groups is 2. The van der Waals surface area contributed by atoms with Gasteiger partial charge in [-0.05, 0) is 62.5 Å². The van der Waals surface area contributed by atoms with Crippen LogP contribution in [0.4, 0.5) is 11.5 Å². The number of nitrogens with two attached hydrogens (primary N) is 1. The third kappa shape index (κ3) is 8.69. The van der Waals surface area contributed by atoms with Crippen molar-refractivity contribution in [1.29, 1.82) is 5.26 Å². The standard InChI is InChI=1S/C32H39N9O3S/c1-21(42)36-24-4-2-23(3-5-24)30-26(18-33)31(34)39-32(38-30)45-20-27-28(43)8-6-25(37-27)7-9-29(44)41-16-14-40(15-17-41)19-22-10-12-35-13-11-22/h2-6,8,22,35,43H,7,9-17,19-20H2,1H3,(H,36,42)(H2,34,38,39). The summed E-state index contributed by atoms with van der Waals surface area (Å²) in [5.41, 5.74) is 9.08. The highest BCUT2D eigenvalue weighted by Gasteiger charge is 2.24. The van der Waals surface area contributed by atoms with Gasteiger partial charge in [-0.3, -0.25) is 19.5 Å². The Hall–Kier alpha value is -4.25. The van der Waals surface area contributed by atoms with Gasteiger partial charge in [0, 0.05) is 68.8 Å². The molecule has 0 saturated carbocycles. The summed E-state index contributed by atoms with van der Waals surface area (Å²) in [6, 6.07) is 12.3. The minimum absolute atomic E-state index is 0.0397. The molecule has 0 spiro atoms. The Balaban J connectivity index is 1.17. The normalized spacial score (nSPS) is 15.9. The highest BCUT2D eigenvalue weighted by molar-refractivity contribution is 7.98. The summed E-state index contributed by atoms with van der Waals surface area (Å²) < 4.78 is 0. The van der Waals surface area contributed by atoms with E-state index in [2.05, 4.69) is 36.6 Å². The first-order chi connectivity index (χ1) is 21.8. The monoisotopic (exact) mass is 629 g/mol. The first-order valence-electron chi connectivity index (χ1n) is 15.3. The lowest BCUT2D eigenvalue weighted by Crippen LogP contribution is -2.50. The summed E-state index contributed by atoms with van der Waals surface area (Å²) in [5.74, 6) is 1.04. The molecule has 5 N–H and O–H groups in total. The Bertz CT molecular complexity index is 1550. The van der Waals surface area contributed by atoms with Crippen LogP contribution in [-0.4, -0.2) is 87.5 Å². The van der Waals surface area contributed by atoms with E-state index in [0.717, 1.165) is 57.4 Å². The lowest BCUT2D eigenvalue weighted by atomic mass is 9.97. The van der Waals surface area contributed by atoms with Gasteiger partial charge in [0.1, 0.15) is 23.2 Å². The SMILES string of the molecule is CC(=O)Nc1ccc(-c2nc(SCc3nc(CCC(=O)N4CCN(CC5CCNCC5)CC4)ccc3O)nc(N)c2C#N)cc1. The van der Waals surface area contributed by atoms with Crippen molar-refractivity contribution in [3.05, 3.63) is 53.3 Å². The van der Waals surface area contributed by atoms with E-state index in [1.165, 1.54) is 31.5 Å². The maximum atomic E-state index is 13.0. The second-order valence-corrected chi connectivity index (χ2v) is 12.4. The molecule has 12 nitrogen and oxygen atoms in total. The van der Waals surface area contributed by atoms with Crippen LogP contribution >= 0.6 is 11.8 Å². The van der Waals surface area contributed by atoms with E-state index >= 15 is 0 Å². The topological polar surface area (TPSA) is 173 Å². The number of hydrogen-bond donors (Lipinski definition) is 4. The number of nitrogens with one attached hydrogen (secondary N) is 2. The molecular formula is C32H39N9O3S. The molecule has 2 saturated heterocycles. The predicted molar refractivity (Wildman–Crippen MR) is 173 cm³/mol. The number of aromatic hydroxyl groups is 1. The zero-order chi connectivity index (χ0) is 31.8. The minimum atomic E-state index is -0.186. The van der Waals surface area contributed by atoms with E-state index in [0.29, 0.717) is 40.6 Å². The minimum Gasteiger partial charge on any atom is -0.506 e. The van der Waals surface area contributed by atoms with Crippen LogP contribution in [-0.2, 0) is 21.8 Å². The number of nitriles is 1. The first-order valence-corrected chi connectivity index (χ1v) is 16.2. The fourth-order valence-corrected chi connectivity index (χ4v) is 6.47. The quantitative estimate of drug-likeness (QED) is 0.192. The predicted octanol–water partition coefficient (Wildman–Crippen LogP) is 3.03. The molecule has 45 heavy (non-hydrogen) atoms. The van der Waals surface area contributed by atoms with E-state index < -0.39 is 0 Å². The third-order valence-corrected chi connectivity index (χ3v) is 9.01. The number of aryl methyl sites for hydroxylation is 1. The van der Waals surface area contributed by atoms with E-state index in [-0.39, 0.29) is 34.7 Å². The molecule has 0 atom stereocenters. The van der Waals surface area contributed by atoms with Gasteiger partial charge < -0.3 is 26.4 Å². The third-order valence-electron chi connectivity index (χ3n) is 8.15. The van der Waals surface area contributed by atoms with Gasteiger partial charge in [0.25, 0.3) is 0 Å². The van der Waals surface area contributed by atoms with Gasteiger partial charge in [-0.1, -0.05) is 23.9 Å². The zero-order valence-electron chi connectivity index (χ0n) is 25.5. The van der Waals surface area contributed by atoms with Crippen molar-refractivity contribution in [2.45, 2.75) is 43.5 Å². The number of thioether (sulfide) groups is 1. The Morgan fingerprint density at radius 3 is 2.51 bits per heavy atom. The Kier molecular flexibility index (Phi) is 10.8. The molecule has 4 heterocycles. The number of rotatable bonds is 10. The van der Waals surface area contributed by atoms with E-state index in [1.807, 2.05) is 4.90 Å². The second-order valence-electron chi connectivity index (χ2n) is 11.4. The summed E-state index contributed by atoms with van der Waals surface area (Å²) in [5, 5.41) is 26.6. The van der Waals surface area contributed by atoms with Crippen LogP contribution in [0.25, 0.3) is 11.3 Å². The fraction of sp³-hybridized carbons (Fsp3) is 0.438. The van der Waals surface area contributed by atoms with Crippen molar-refractivity contribution in [3.8, 4) is 23.1 Å². The maximum Gasteiger partial charge on any atom is 0.223 e. The van der Waals surface area contributed by atoms with E-state index in [4.69, 9.17) is 5.73 Å². The van der Waals surface area contributed by atoms with Crippen molar-refractivity contribution in [2.24, 2.45) is 5.92 Å². The van der Waals surface area contributed by atoms with Crippen LogP contribution < -0.4 is 16.4 Å². The number of pyridine rings is 1. The summed E-state index contributed by atoms with van der Waals surface area (Å²) in [7, 11) is 0. The van der Waals surface area contributed by atoms with Crippen molar-refractivity contribution in [3.63, 3.8) is 0 Å². The second kappa shape index (κ2) is 15.2.